The van der Waals surface area contributed by atoms with Crippen molar-refractivity contribution in [3.8, 4) is 0 Å². The number of aromatic nitrogens is 1. The average molecular weight is 308 g/mol. The Bertz CT molecular complexity index is 611. The molecule has 1 aromatic carbocycles. The van der Waals surface area contributed by atoms with Gasteiger partial charge in [0.05, 0.1) is 13.4 Å². The molecule has 4 heteroatoms. The van der Waals surface area contributed by atoms with Gasteiger partial charge in [-0.05, 0) is 29.3 Å². The second kappa shape index (κ2) is 6.78. The Labute approximate surface area is 129 Å². The number of nitrogens with zero attached hydrogens (tertiary/aromatic N) is 1. The summed E-state index contributed by atoms with van der Waals surface area (Å²) in [6.07, 6.45) is 5.28. The summed E-state index contributed by atoms with van der Waals surface area (Å²) in [7, 11) is 1.63. The van der Waals surface area contributed by atoms with Crippen LogP contribution in [0, 0.1) is 0 Å². The standard InChI is InChI=1S/C16H15Cl2NO/c1-11(14-6-5-13(17)8-16(14)18)15(10-20-2)12-4-3-7-19-9-12/h3-11H,1-2H3/b15-10-. The predicted octanol–water partition coefficient (Wildman–Crippen LogP) is 5.18. The molecule has 0 aliphatic carbocycles. The van der Waals surface area contributed by atoms with Crippen LogP contribution in [0.4, 0.5) is 0 Å². The normalized spacial score (nSPS) is 13.1. The van der Waals surface area contributed by atoms with Crippen LogP contribution in [0.25, 0.3) is 5.57 Å². The zero-order valence-corrected chi connectivity index (χ0v) is 12.8. The number of rotatable bonds is 4. The van der Waals surface area contributed by atoms with E-state index >= 15 is 0 Å². The maximum atomic E-state index is 6.29. The van der Waals surface area contributed by atoms with Crippen LogP contribution in [-0.2, 0) is 4.74 Å². The zero-order chi connectivity index (χ0) is 14.5. The smallest absolute Gasteiger partial charge is 0.0869 e. The molecule has 1 aromatic heterocycles. The van der Waals surface area contributed by atoms with Crippen molar-refractivity contribution in [2.24, 2.45) is 0 Å². The summed E-state index contributed by atoms with van der Waals surface area (Å²) < 4.78 is 5.21. The Morgan fingerprint density at radius 3 is 2.70 bits per heavy atom. The molecule has 2 aromatic rings. The first-order valence-electron chi connectivity index (χ1n) is 6.21. The molecule has 0 amide bonds. The Morgan fingerprint density at radius 1 is 1.30 bits per heavy atom. The monoisotopic (exact) mass is 307 g/mol. The van der Waals surface area contributed by atoms with E-state index < -0.39 is 0 Å². The minimum absolute atomic E-state index is 0.0731. The Kier molecular flexibility index (Phi) is 5.05. The highest BCUT2D eigenvalue weighted by Crippen LogP contribution is 2.36. The van der Waals surface area contributed by atoms with E-state index in [1.54, 1.807) is 25.6 Å². The molecule has 0 radical (unpaired) electrons. The highest BCUT2D eigenvalue weighted by atomic mass is 35.5. The van der Waals surface area contributed by atoms with Crippen molar-refractivity contribution in [1.29, 1.82) is 0 Å². The number of halogens is 2. The van der Waals surface area contributed by atoms with Crippen LogP contribution < -0.4 is 0 Å². The third kappa shape index (κ3) is 3.33. The minimum atomic E-state index is 0.0731. The quantitative estimate of drug-likeness (QED) is 0.726. The van der Waals surface area contributed by atoms with E-state index in [9.17, 15) is 0 Å². The maximum Gasteiger partial charge on any atom is 0.0869 e. The van der Waals surface area contributed by atoms with Crippen molar-refractivity contribution < 1.29 is 4.74 Å². The third-order valence-electron chi connectivity index (χ3n) is 3.14. The van der Waals surface area contributed by atoms with Crippen molar-refractivity contribution in [3.05, 3.63) is 70.2 Å². The number of allylic oxidation sites excluding steroid dienone is 1. The lowest BCUT2D eigenvalue weighted by atomic mass is 9.89. The van der Waals surface area contributed by atoms with Crippen molar-refractivity contribution in [3.63, 3.8) is 0 Å². The number of hydrogen-bond donors (Lipinski definition) is 0. The minimum Gasteiger partial charge on any atom is -0.504 e. The molecular formula is C16H15Cl2NO. The van der Waals surface area contributed by atoms with Crippen LogP contribution in [0.5, 0.6) is 0 Å². The molecule has 0 N–H and O–H groups in total. The molecule has 0 aliphatic heterocycles. The van der Waals surface area contributed by atoms with Gasteiger partial charge in [0.1, 0.15) is 0 Å². The van der Waals surface area contributed by atoms with Crippen LogP contribution in [0.3, 0.4) is 0 Å². The van der Waals surface area contributed by atoms with Crippen molar-refractivity contribution in [2.75, 3.05) is 7.11 Å². The van der Waals surface area contributed by atoms with Crippen LogP contribution in [0.1, 0.15) is 24.0 Å². The summed E-state index contributed by atoms with van der Waals surface area (Å²) in [6, 6.07) is 9.43. The molecule has 0 bridgehead atoms. The molecule has 104 valence electrons. The van der Waals surface area contributed by atoms with E-state index in [-0.39, 0.29) is 5.92 Å². The molecule has 1 atom stereocenters. The van der Waals surface area contributed by atoms with E-state index in [0.717, 1.165) is 16.7 Å². The van der Waals surface area contributed by atoms with Gasteiger partial charge in [0.25, 0.3) is 0 Å². The number of ether oxygens (including phenoxy) is 1. The topological polar surface area (TPSA) is 22.1 Å². The molecule has 0 saturated carbocycles. The molecule has 2 nitrogen and oxygen atoms in total. The average Bonchev–Trinajstić information content (AvgIpc) is 2.45. The number of hydrogen-bond acceptors (Lipinski definition) is 2. The van der Waals surface area contributed by atoms with Crippen molar-refractivity contribution in [2.45, 2.75) is 12.8 Å². The van der Waals surface area contributed by atoms with E-state index in [4.69, 9.17) is 27.9 Å². The van der Waals surface area contributed by atoms with Gasteiger partial charge in [0.2, 0.25) is 0 Å². The van der Waals surface area contributed by atoms with Gasteiger partial charge in [-0.15, -0.1) is 0 Å². The van der Waals surface area contributed by atoms with Crippen molar-refractivity contribution in [1.82, 2.24) is 4.98 Å². The van der Waals surface area contributed by atoms with Gasteiger partial charge in [0, 0.05) is 33.9 Å². The maximum absolute atomic E-state index is 6.29. The van der Waals surface area contributed by atoms with Gasteiger partial charge < -0.3 is 4.74 Å². The van der Waals surface area contributed by atoms with Gasteiger partial charge in [-0.25, -0.2) is 0 Å². The zero-order valence-electron chi connectivity index (χ0n) is 11.3. The van der Waals surface area contributed by atoms with Crippen molar-refractivity contribution >= 4 is 28.8 Å². The number of pyridine rings is 1. The summed E-state index contributed by atoms with van der Waals surface area (Å²) in [5.41, 5.74) is 3.03. The second-order valence-corrected chi connectivity index (χ2v) is 5.28. The SMILES string of the molecule is CO/C=C(\c1cccnc1)C(C)c1ccc(Cl)cc1Cl. The predicted molar refractivity (Wildman–Crippen MR) is 84.1 cm³/mol. The highest BCUT2D eigenvalue weighted by molar-refractivity contribution is 6.35. The molecule has 0 saturated heterocycles. The molecule has 0 fully saturated rings. The first kappa shape index (κ1) is 14.9. The first-order chi connectivity index (χ1) is 9.63. The van der Waals surface area contributed by atoms with E-state index in [1.807, 2.05) is 30.5 Å². The van der Waals surface area contributed by atoms with E-state index in [1.165, 1.54) is 0 Å². The fraction of sp³-hybridized carbons (Fsp3) is 0.188. The van der Waals surface area contributed by atoms with E-state index in [2.05, 4.69) is 11.9 Å². The van der Waals surface area contributed by atoms with Crippen LogP contribution in [0.2, 0.25) is 10.0 Å². The molecule has 0 spiro atoms. The molecule has 1 unspecified atom stereocenters. The largest absolute Gasteiger partial charge is 0.504 e. The van der Waals surface area contributed by atoms with Crippen LogP contribution in [0.15, 0.2) is 49.0 Å². The molecule has 2 rings (SSSR count). The van der Waals surface area contributed by atoms with Gasteiger partial charge in [-0.1, -0.05) is 42.3 Å². The summed E-state index contributed by atoms with van der Waals surface area (Å²) in [5.74, 6) is 0.0731. The molecule has 20 heavy (non-hydrogen) atoms. The first-order valence-corrected chi connectivity index (χ1v) is 6.97. The Hall–Kier alpha value is -1.51. The number of benzene rings is 1. The lowest BCUT2D eigenvalue weighted by molar-refractivity contribution is 0.338. The Balaban J connectivity index is 2.42. The fourth-order valence-electron chi connectivity index (χ4n) is 2.10. The van der Waals surface area contributed by atoms with Gasteiger partial charge in [-0.2, -0.15) is 0 Å². The van der Waals surface area contributed by atoms with Crippen LogP contribution in [-0.4, -0.2) is 12.1 Å². The summed E-state index contributed by atoms with van der Waals surface area (Å²) in [5, 5.41) is 1.28. The number of methoxy groups -OCH3 is 1. The second-order valence-electron chi connectivity index (χ2n) is 4.44. The molecule has 1 heterocycles. The fourth-order valence-corrected chi connectivity index (χ4v) is 2.67. The summed E-state index contributed by atoms with van der Waals surface area (Å²) in [6.45, 7) is 2.08. The van der Waals surface area contributed by atoms with E-state index in [0.29, 0.717) is 10.0 Å². The molecular weight excluding hydrogens is 293 g/mol. The van der Waals surface area contributed by atoms with Gasteiger partial charge >= 0.3 is 0 Å². The lowest BCUT2D eigenvalue weighted by Crippen LogP contribution is -2.00. The van der Waals surface area contributed by atoms with Gasteiger partial charge in [-0.3, -0.25) is 4.98 Å². The highest BCUT2D eigenvalue weighted by Gasteiger charge is 2.17. The summed E-state index contributed by atoms with van der Waals surface area (Å²) in [4.78, 5) is 4.15. The lowest BCUT2D eigenvalue weighted by Gasteiger charge is -2.18. The van der Waals surface area contributed by atoms with Crippen LogP contribution >= 0.6 is 23.2 Å². The van der Waals surface area contributed by atoms with Gasteiger partial charge in [0.15, 0.2) is 0 Å². The summed E-state index contributed by atoms with van der Waals surface area (Å²) >= 11 is 12.2. The Morgan fingerprint density at radius 2 is 2.10 bits per heavy atom. The third-order valence-corrected chi connectivity index (χ3v) is 3.70. The molecule has 0 aliphatic rings.